The van der Waals surface area contributed by atoms with E-state index < -0.39 is 15.8 Å². The van der Waals surface area contributed by atoms with Gasteiger partial charge in [0.1, 0.15) is 22.6 Å². The average molecular weight is 336 g/mol. The first-order valence-electron chi connectivity index (χ1n) is 7.39. The second-order valence-electron chi connectivity index (χ2n) is 5.34. The number of hydrogen-bond acceptors (Lipinski definition) is 4. The summed E-state index contributed by atoms with van der Waals surface area (Å²) in [7, 11) is -3.80. The Morgan fingerprint density at radius 3 is 2.52 bits per heavy atom. The highest BCUT2D eigenvalue weighted by Crippen LogP contribution is 2.24. The first-order chi connectivity index (χ1) is 11.1. The minimum Gasteiger partial charge on any atom is -0.489 e. The summed E-state index contributed by atoms with van der Waals surface area (Å²) in [6.45, 7) is 0.614. The van der Waals surface area contributed by atoms with Gasteiger partial charge in [0, 0.05) is 19.3 Å². The molecule has 1 aromatic carbocycles. The molecular formula is C16H17FN2O3S. The molecule has 122 valence electrons. The number of rotatable bonds is 4. The number of piperidine rings is 1. The lowest BCUT2D eigenvalue weighted by atomic mass is 10.1. The van der Waals surface area contributed by atoms with E-state index in [1.54, 1.807) is 18.5 Å². The maximum Gasteiger partial charge on any atom is 0.245 e. The van der Waals surface area contributed by atoms with Crippen molar-refractivity contribution in [3.63, 3.8) is 0 Å². The summed E-state index contributed by atoms with van der Waals surface area (Å²) in [5.74, 6) is -0.0517. The molecule has 0 N–H and O–H groups in total. The lowest BCUT2D eigenvalue weighted by molar-refractivity contribution is 0.134. The van der Waals surface area contributed by atoms with Crippen molar-refractivity contribution in [2.24, 2.45) is 0 Å². The van der Waals surface area contributed by atoms with Crippen LogP contribution in [0.4, 0.5) is 4.39 Å². The van der Waals surface area contributed by atoms with Crippen molar-refractivity contribution >= 4 is 10.0 Å². The smallest absolute Gasteiger partial charge is 0.245 e. The highest BCUT2D eigenvalue weighted by atomic mass is 32.2. The molecule has 5 nitrogen and oxygen atoms in total. The molecule has 1 fully saturated rings. The van der Waals surface area contributed by atoms with E-state index in [4.69, 9.17) is 4.74 Å². The number of halogens is 1. The molecule has 0 saturated carbocycles. The van der Waals surface area contributed by atoms with E-state index in [2.05, 4.69) is 4.98 Å². The van der Waals surface area contributed by atoms with E-state index >= 15 is 0 Å². The van der Waals surface area contributed by atoms with Crippen molar-refractivity contribution in [3.8, 4) is 5.75 Å². The first kappa shape index (κ1) is 15.9. The van der Waals surface area contributed by atoms with Crippen LogP contribution in [0.5, 0.6) is 5.75 Å². The molecule has 0 bridgehead atoms. The Morgan fingerprint density at radius 1 is 1.13 bits per heavy atom. The summed E-state index contributed by atoms with van der Waals surface area (Å²) >= 11 is 0. The third-order valence-electron chi connectivity index (χ3n) is 3.79. The first-order valence-corrected chi connectivity index (χ1v) is 8.83. The van der Waals surface area contributed by atoms with Crippen LogP contribution in [0, 0.1) is 5.82 Å². The Kier molecular flexibility index (Phi) is 4.58. The minimum atomic E-state index is -3.80. The average Bonchev–Trinajstić information content (AvgIpc) is 2.56. The van der Waals surface area contributed by atoms with Gasteiger partial charge in [0.05, 0.1) is 6.20 Å². The van der Waals surface area contributed by atoms with Crippen LogP contribution in [-0.2, 0) is 10.0 Å². The largest absolute Gasteiger partial charge is 0.489 e. The van der Waals surface area contributed by atoms with Crippen LogP contribution in [0.3, 0.4) is 0 Å². The molecule has 1 saturated heterocycles. The third-order valence-corrected chi connectivity index (χ3v) is 5.72. The normalized spacial score (nSPS) is 17.1. The van der Waals surface area contributed by atoms with Gasteiger partial charge in [-0.05, 0) is 37.1 Å². The molecule has 0 unspecified atom stereocenters. The highest BCUT2D eigenvalue weighted by Gasteiger charge is 2.31. The fourth-order valence-electron chi connectivity index (χ4n) is 2.59. The van der Waals surface area contributed by atoms with Crippen molar-refractivity contribution in [1.82, 2.24) is 9.29 Å². The van der Waals surface area contributed by atoms with Gasteiger partial charge < -0.3 is 4.74 Å². The Balaban J connectivity index is 1.66. The highest BCUT2D eigenvalue weighted by molar-refractivity contribution is 7.89. The summed E-state index contributed by atoms with van der Waals surface area (Å²) in [6.07, 6.45) is 4.34. The van der Waals surface area contributed by atoms with Crippen LogP contribution in [0.2, 0.25) is 0 Å². The van der Waals surface area contributed by atoms with Gasteiger partial charge in [0.2, 0.25) is 10.0 Å². The second-order valence-corrected chi connectivity index (χ2v) is 7.25. The zero-order valence-corrected chi connectivity index (χ0v) is 13.2. The summed E-state index contributed by atoms with van der Waals surface area (Å²) in [5, 5.41) is 0. The van der Waals surface area contributed by atoms with Crippen LogP contribution < -0.4 is 4.74 Å². The van der Waals surface area contributed by atoms with Crippen LogP contribution in [-0.4, -0.2) is 36.9 Å². The molecule has 2 heterocycles. The van der Waals surface area contributed by atoms with Crippen molar-refractivity contribution < 1.29 is 17.5 Å². The molecular weight excluding hydrogens is 319 g/mol. The van der Waals surface area contributed by atoms with Gasteiger partial charge in [-0.2, -0.15) is 4.31 Å². The lowest BCUT2D eigenvalue weighted by Gasteiger charge is -2.31. The van der Waals surface area contributed by atoms with Gasteiger partial charge >= 0.3 is 0 Å². The fourth-order valence-corrected chi connectivity index (χ4v) is 4.13. The minimum absolute atomic E-state index is 0.0636. The number of benzene rings is 1. The van der Waals surface area contributed by atoms with Crippen molar-refractivity contribution in [1.29, 1.82) is 0 Å². The quantitative estimate of drug-likeness (QED) is 0.860. The van der Waals surface area contributed by atoms with E-state index in [0.717, 1.165) is 6.07 Å². The molecule has 1 aliphatic heterocycles. The predicted molar refractivity (Wildman–Crippen MR) is 83.0 cm³/mol. The molecule has 2 aromatic rings. The van der Waals surface area contributed by atoms with Gasteiger partial charge in [-0.15, -0.1) is 0 Å². The molecule has 0 radical (unpaired) electrons. The van der Waals surface area contributed by atoms with Crippen molar-refractivity contribution in [2.45, 2.75) is 23.8 Å². The molecule has 23 heavy (non-hydrogen) atoms. The van der Waals surface area contributed by atoms with Gasteiger partial charge in [-0.25, -0.2) is 12.8 Å². The Labute approximate surface area is 134 Å². The van der Waals surface area contributed by atoms with Gasteiger partial charge in [-0.1, -0.05) is 12.1 Å². The van der Waals surface area contributed by atoms with Crippen molar-refractivity contribution in [3.05, 3.63) is 54.6 Å². The summed E-state index contributed by atoms with van der Waals surface area (Å²) < 4.78 is 45.9. The van der Waals surface area contributed by atoms with E-state index in [0.29, 0.717) is 31.7 Å². The fraction of sp³-hybridized carbons (Fsp3) is 0.312. The maximum absolute atomic E-state index is 13.8. The van der Waals surface area contributed by atoms with Crippen LogP contribution in [0.15, 0.2) is 53.7 Å². The van der Waals surface area contributed by atoms with E-state index in [-0.39, 0.29) is 11.0 Å². The van der Waals surface area contributed by atoms with Gasteiger partial charge in [0.25, 0.3) is 0 Å². The predicted octanol–water partition coefficient (Wildman–Crippen LogP) is 2.45. The monoisotopic (exact) mass is 336 g/mol. The zero-order valence-electron chi connectivity index (χ0n) is 12.4. The maximum atomic E-state index is 13.8. The summed E-state index contributed by atoms with van der Waals surface area (Å²) in [4.78, 5) is 3.71. The molecule has 7 heteroatoms. The lowest BCUT2D eigenvalue weighted by Crippen LogP contribution is -2.41. The summed E-state index contributed by atoms with van der Waals surface area (Å²) in [5.41, 5.74) is 0. The van der Waals surface area contributed by atoms with Gasteiger partial charge in [0.15, 0.2) is 0 Å². The topological polar surface area (TPSA) is 59.5 Å². The number of aromatic nitrogens is 1. The van der Waals surface area contributed by atoms with Gasteiger partial charge in [-0.3, -0.25) is 4.98 Å². The van der Waals surface area contributed by atoms with Crippen LogP contribution in [0.25, 0.3) is 0 Å². The SMILES string of the molecule is O=S(=O)(c1ccccc1F)N1CCC(Oc2cccnc2)CC1. The Morgan fingerprint density at radius 2 is 1.87 bits per heavy atom. The summed E-state index contributed by atoms with van der Waals surface area (Å²) in [6, 6.07) is 9.05. The molecule has 0 atom stereocenters. The van der Waals surface area contributed by atoms with Crippen LogP contribution in [0.1, 0.15) is 12.8 Å². The zero-order chi connectivity index (χ0) is 16.3. The van der Waals surface area contributed by atoms with E-state index in [1.165, 1.54) is 22.5 Å². The van der Waals surface area contributed by atoms with E-state index in [1.807, 2.05) is 6.07 Å². The molecule has 0 spiro atoms. The number of sulfonamides is 1. The molecule has 1 aliphatic rings. The number of hydrogen-bond donors (Lipinski definition) is 0. The second kappa shape index (κ2) is 6.64. The molecule has 3 rings (SSSR count). The third kappa shape index (κ3) is 3.51. The van der Waals surface area contributed by atoms with Crippen LogP contribution >= 0.6 is 0 Å². The number of ether oxygens (including phenoxy) is 1. The standard InChI is InChI=1S/C16H17FN2O3S/c17-15-5-1-2-6-16(15)23(20,21)19-10-7-13(8-11-19)22-14-4-3-9-18-12-14/h1-6,9,12-13H,7-8,10-11H2. The molecule has 1 aromatic heterocycles. The Bertz CT molecular complexity index is 760. The molecule has 0 amide bonds. The number of nitrogens with zero attached hydrogens (tertiary/aromatic N) is 2. The molecule has 0 aliphatic carbocycles. The van der Waals surface area contributed by atoms with Crippen molar-refractivity contribution in [2.75, 3.05) is 13.1 Å². The Hall–Kier alpha value is -1.99. The number of pyridine rings is 1. The van der Waals surface area contributed by atoms with E-state index in [9.17, 15) is 12.8 Å².